The molecule has 6 heteroatoms. The second kappa shape index (κ2) is 14.0. The normalized spacial score (nSPS) is 10.6. The SMILES string of the molecule is COC(=O)CCCCOc1cccc(CCCCCCO)c1CCC(=O)O. The minimum absolute atomic E-state index is 0.0697. The van der Waals surface area contributed by atoms with Crippen molar-refractivity contribution in [3.05, 3.63) is 29.3 Å². The number of ether oxygens (including phenoxy) is 2. The van der Waals surface area contributed by atoms with Gasteiger partial charge < -0.3 is 19.7 Å². The molecule has 0 saturated heterocycles. The Hall–Kier alpha value is -2.08. The van der Waals surface area contributed by atoms with Crippen molar-refractivity contribution in [3.8, 4) is 5.75 Å². The standard InChI is InChI=1S/C21H32O6/c1-26-21(25)12-5-7-16-27-19-11-8-10-17(9-4-2-3-6-15-22)18(19)13-14-20(23)24/h8,10-11,22H,2-7,9,12-16H2,1H3,(H,23,24). The number of aryl methyl sites for hydroxylation is 1. The summed E-state index contributed by atoms with van der Waals surface area (Å²) in [6.07, 6.45) is 7.05. The minimum Gasteiger partial charge on any atom is -0.493 e. The maximum atomic E-state index is 11.1. The van der Waals surface area contributed by atoms with Crippen LogP contribution in [-0.2, 0) is 27.2 Å². The molecule has 0 heterocycles. The van der Waals surface area contributed by atoms with Gasteiger partial charge in [-0.3, -0.25) is 9.59 Å². The van der Waals surface area contributed by atoms with Crippen molar-refractivity contribution in [3.63, 3.8) is 0 Å². The molecule has 0 aliphatic carbocycles. The van der Waals surface area contributed by atoms with Crippen molar-refractivity contribution < 1.29 is 29.3 Å². The molecule has 0 fully saturated rings. The summed E-state index contributed by atoms with van der Waals surface area (Å²) in [6, 6.07) is 5.86. The van der Waals surface area contributed by atoms with Gasteiger partial charge in [-0.25, -0.2) is 0 Å². The topological polar surface area (TPSA) is 93.1 Å². The number of benzene rings is 1. The van der Waals surface area contributed by atoms with Gasteiger partial charge in [0.1, 0.15) is 5.75 Å². The monoisotopic (exact) mass is 380 g/mol. The number of carbonyl (C=O) groups is 2. The van der Waals surface area contributed by atoms with Gasteiger partial charge >= 0.3 is 11.9 Å². The zero-order valence-corrected chi connectivity index (χ0v) is 16.2. The third-order valence-electron chi connectivity index (χ3n) is 4.43. The molecule has 0 unspecified atom stereocenters. The largest absolute Gasteiger partial charge is 0.493 e. The lowest BCUT2D eigenvalue weighted by Gasteiger charge is -2.15. The van der Waals surface area contributed by atoms with Gasteiger partial charge in [-0.05, 0) is 55.7 Å². The molecule has 0 bridgehead atoms. The highest BCUT2D eigenvalue weighted by Crippen LogP contribution is 2.26. The Balaban J connectivity index is 2.63. The number of methoxy groups -OCH3 is 1. The van der Waals surface area contributed by atoms with Crippen molar-refractivity contribution in [1.29, 1.82) is 0 Å². The van der Waals surface area contributed by atoms with Crippen LogP contribution in [0.2, 0.25) is 0 Å². The number of unbranched alkanes of at least 4 members (excludes halogenated alkanes) is 4. The molecule has 0 aromatic heterocycles. The van der Waals surface area contributed by atoms with Crippen LogP contribution in [0, 0.1) is 0 Å². The number of hydrogen-bond donors (Lipinski definition) is 2. The molecule has 0 spiro atoms. The molecular weight excluding hydrogens is 348 g/mol. The number of carbonyl (C=O) groups excluding carboxylic acids is 1. The van der Waals surface area contributed by atoms with E-state index in [1.54, 1.807) is 0 Å². The number of aliphatic hydroxyl groups is 1. The fraction of sp³-hybridized carbons (Fsp3) is 0.619. The van der Waals surface area contributed by atoms with Gasteiger partial charge in [0.25, 0.3) is 0 Å². The summed E-state index contributed by atoms with van der Waals surface area (Å²) in [4.78, 5) is 22.1. The second-order valence-corrected chi connectivity index (χ2v) is 6.56. The summed E-state index contributed by atoms with van der Waals surface area (Å²) in [5.74, 6) is -0.306. The first-order valence-electron chi connectivity index (χ1n) is 9.71. The molecule has 0 amide bonds. The average Bonchev–Trinajstić information content (AvgIpc) is 2.66. The van der Waals surface area contributed by atoms with Crippen LogP contribution in [0.1, 0.15) is 62.5 Å². The number of rotatable bonds is 15. The van der Waals surface area contributed by atoms with Gasteiger partial charge in [0.15, 0.2) is 0 Å². The van der Waals surface area contributed by atoms with Gasteiger partial charge in [-0.15, -0.1) is 0 Å². The van der Waals surface area contributed by atoms with E-state index in [2.05, 4.69) is 4.74 Å². The lowest BCUT2D eigenvalue weighted by atomic mass is 9.97. The third kappa shape index (κ3) is 9.99. The maximum absolute atomic E-state index is 11.1. The van der Waals surface area contributed by atoms with Crippen LogP contribution in [0.3, 0.4) is 0 Å². The van der Waals surface area contributed by atoms with Gasteiger partial charge in [0.05, 0.1) is 13.7 Å². The van der Waals surface area contributed by atoms with E-state index in [-0.39, 0.29) is 19.0 Å². The number of esters is 1. The van der Waals surface area contributed by atoms with Gasteiger partial charge in [-0.2, -0.15) is 0 Å². The fourth-order valence-corrected chi connectivity index (χ4v) is 2.93. The van der Waals surface area contributed by atoms with Crippen molar-refractivity contribution in [2.45, 2.75) is 64.2 Å². The summed E-state index contributed by atoms with van der Waals surface area (Å²) < 4.78 is 10.5. The highest BCUT2D eigenvalue weighted by Gasteiger charge is 2.12. The smallest absolute Gasteiger partial charge is 0.305 e. The number of aliphatic carboxylic acids is 1. The lowest BCUT2D eigenvalue weighted by Crippen LogP contribution is -2.07. The molecule has 6 nitrogen and oxygen atoms in total. The molecule has 1 rings (SSSR count). The molecule has 0 atom stereocenters. The summed E-state index contributed by atoms with van der Waals surface area (Å²) in [6.45, 7) is 0.709. The fourth-order valence-electron chi connectivity index (χ4n) is 2.93. The Morgan fingerprint density at radius 3 is 2.44 bits per heavy atom. The van der Waals surface area contributed by atoms with E-state index >= 15 is 0 Å². The first kappa shape index (κ1) is 23.0. The Labute approximate surface area is 161 Å². The van der Waals surface area contributed by atoms with Crippen LogP contribution in [0.4, 0.5) is 0 Å². The molecule has 152 valence electrons. The van der Waals surface area contributed by atoms with Crippen LogP contribution < -0.4 is 4.74 Å². The second-order valence-electron chi connectivity index (χ2n) is 6.56. The molecule has 1 aromatic carbocycles. The van der Waals surface area contributed by atoms with E-state index in [1.807, 2.05) is 18.2 Å². The number of carboxylic acid groups (broad SMARTS) is 1. The summed E-state index contributed by atoms with van der Waals surface area (Å²) in [5, 5.41) is 17.9. The van der Waals surface area contributed by atoms with E-state index in [1.165, 1.54) is 7.11 Å². The van der Waals surface area contributed by atoms with E-state index in [4.69, 9.17) is 14.9 Å². The highest BCUT2D eigenvalue weighted by molar-refractivity contribution is 5.69. The van der Waals surface area contributed by atoms with Crippen LogP contribution in [-0.4, -0.2) is 42.5 Å². The van der Waals surface area contributed by atoms with Crippen molar-refractivity contribution in [2.75, 3.05) is 20.3 Å². The third-order valence-corrected chi connectivity index (χ3v) is 4.43. The molecule has 1 aromatic rings. The summed E-state index contributed by atoms with van der Waals surface area (Å²) in [7, 11) is 1.38. The molecule has 0 aliphatic heterocycles. The highest BCUT2D eigenvalue weighted by atomic mass is 16.5. The average molecular weight is 380 g/mol. The van der Waals surface area contributed by atoms with E-state index in [0.717, 1.165) is 55.4 Å². The Kier molecular flexibility index (Phi) is 11.9. The van der Waals surface area contributed by atoms with Crippen LogP contribution in [0.15, 0.2) is 18.2 Å². The first-order chi connectivity index (χ1) is 13.1. The Morgan fingerprint density at radius 1 is 0.963 bits per heavy atom. The van der Waals surface area contributed by atoms with Crippen molar-refractivity contribution in [2.24, 2.45) is 0 Å². The van der Waals surface area contributed by atoms with E-state index in [0.29, 0.717) is 25.9 Å². The van der Waals surface area contributed by atoms with Gasteiger partial charge in [0.2, 0.25) is 0 Å². The molecule has 2 N–H and O–H groups in total. The van der Waals surface area contributed by atoms with Crippen LogP contribution >= 0.6 is 0 Å². The molecular formula is C21H32O6. The quantitative estimate of drug-likeness (QED) is 0.357. The number of hydrogen-bond acceptors (Lipinski definition) is 5. The van der Waals surface area contributed by atoms with E-state index in [9.17, 15) is 9.59 Å². The Bertz CT molecular complexity index is 570. The predicted molar refractivity (Wildman–Crippen MR) is 103 cm³/mol. The summed E-state index contributed by atoms with van der Waals surface area (Å²) >= 11 is 0. The molecule has 0 radical (unpaired) electrons. The molecule has 0 saturated carbocycles. The predicted octanol–water partition coefficient (Wildman–Crippen LogP) is 3.52. The van der Waals surface area contributed by atoms with Crippen molar-refractivity contribution >= 4 is 11.9 Å². The maximum Gasteiger partial charge on any atom is 0.305 e. The first-order valence-corrected chi connectivity index (χ1v) is 9.71. The van der Waals surface area contributed by atoms with Gasteiger partial charge in [0, 0.05) is 19.4 Å². The van der Waals surface area contributed by atoms with Crippen LogP contribution in [0.25, 0.3) is 0 Å². The van der Waals surface area contributed by atoms with Gasteiger partial charge in [-0.1, -0.05) is 25.0 Å². The summed E-state index contributed by atoms with van der Waals surface area (Å²) in [5.41, 5.74) is 2.10. The zero-order chi connectivity index (χ0) is 19.9. The minimum atomic E-state index is -0.822. The lowest BCUT2D eigenvalue weighted by molar-refractivity contribution is -0.140. The van der Waals surface area contributed by atoms with Crippen molar-refractivity contribution in [1.82, 2.24) is 0 Å². The molecule has 27 heavy (non-hydrogen) atoms. The number of carboxylic acids is 1. The number of aliphatic hydroxyl groups excluding tert-OH is 1. The Morgan fingerprint density at radius 2 is 1.74 bits per heavy atom. The molecule has 0 aliphatic rings. The zero-order valence-electron chi connectivity index (χ0n) is 16.2. The van der Waals surface area contributed by atoms with E-state index < -0.39 is 5.97 Å². The van der Waals surface area contributed by atoms with Crippen LogP contribution in [0.5, 0.6) is 5.75 Å².